The molecule has 0 saturated carbocycles. The van der Waals surface area contributed by atoms with E-state index in [9.17, 15) is 4.79 Å². The van der Waals surface area contributed by atoms with E-state index < -0.39 is 0 Å². The van der Waals surface area contributed by atoms with Crippen LogP contribution in [0.4, 0.5) is 5.69 Å². The lowest BCUT2D eigenvalue weighted by molar-refractivity contribution is -0.116. The minimum Gasteiger partial charge on any atom is -0.311 e. The number of carbonyl (C=O) groups is 1. The predicted octanol–water partition coefficient (Wildman–Crippen LogP) is 4.70. The first-order valence-electron chi connectivity index (χ1n) is 8.09. The van der Waals surface area contributed by atoms with Crippen LogP contribution in [0.15, 0.2) is 52.0 Å². The Morgan fingerprint density at radius 2 is 2.20 bits per heavy atom. The van der Waals surface area contributed by atoms with Crippen molar-refractivity contribution in [2.75, 3.05) is 17.2 Å². The maximum Gasteiger partial charge on any atom is 0.237 e. The second-order valence-corrected chi connectivity index (χ2v) is 9.18. The van der Waals surface area contributed by atoms with Crippen molar-refractivity contribution in [3.63, 3.8) is 0 Å². The Balaban J connectivity index is 1.54. The number of hydrogen-bond donors (Lipinski definition) is 0. The molecule has 1 amide bonds. The Hall–Kier alpha value is -1.57. The molecule has 25 heavy (non-hydrogen) atoms. The Kier molecular flexibility index (Phi) is 4.96. The summed E-state index contributed by atoms with van der Waals surface area (Å²) < 4.78 is 0. The molecule has 1 aliphatic heterocycles. The number of aromatic nitrogens is 2. The number of anilines is 1. The summed E-state index contributed by atoms with van der Waals surface area (Å²) in [6, 6.07) is 10.2. The summed E-state index contributed by atoms with van der Waals surface area (Å²) in [4.78, 5) is 25.6. The molecule has 0 radical (unpaired) electrons. The van der Waals surface area contributed by atoms with Gasteiger partial charge in [-0.2, -0.15) is 0 Å². The topological polar surface area (TPSA) is 46.1 Å². The summed E-state index contributed by atoms with van der Waals surface area (Å²) in [7, 11) is 0. The molecule has 0 unspecified atom stereocenters. The van der Waals surface area contributed by atoms with Gasteiger partial charge in [-0.3, -0.25) is 4.79 Å². The summed E-state index contributed by atoms with van der Waals surface area (Å²) >= 11 is 4.94. The average molecular weight is 388 g/mol. The van der Waals surface area contributed by atoms with Gasteiger partial charge in [0.1, 0.15) is 16.2 Å². The van der Waals surface area contributed by atoms with E-state index >= 15 is 0 Å². The lowest BCUT2D eigenvalue weighted by Gasteiger charge is -2.22. The maximum absolute atomic E-state index is 12.9. The van der Waals surface area contributed by atoms with Crippen LogP contribution in [0, 0.1) is 0 Å². The molecule has 0 aliphatic carbocycles. The van der Waals surface area contributed by atoms with E-state index in [0.29, 0.717) is 11.0 Å². The van der Waals surface area contributed by atoms with Crippen molar-refractivity contribution in [3.8, 4) is 0 Å². The highest BCUT2D eigenvalue weighted by Crippen LogP contribution is 2.37. The van der Waals surface area contributed by atoms with Gasteiger partial charge in [0.25, 0.3) is 0 Å². The Morgan fingerprint density at radius 3 is 3.12 bits per heavy atom. The number of thioether (sulfide) groups is 2. The normalized spacial score (nSPS) is 17.3. The number of amides is 1. The van der Waals surface area contributed by atoms with Gasteiger partial charge in [0.15, 0.2) is 0 Å². The Labute approximate surface area is 159 Å². The van der Waals surface area contributed by atoms with E-state index in [2.05, 4.69) is 23.0 Å². The van der Waals surface area contributed by atoms with E-state index in [-0.39, 0.29) is 5.91 Å². The molecule has 0 N–H and O–H groups in total. The second kappa shape index (κ2) is 7.35. The zero-order valence-electron chi connectivity index (χ0n) is 13.7. The lowest BCUT2D eigenvalue weighted by atomic mass is 10.2. The highest BCUT2D eigenvalue weighted by atomic mass is 32.2. The van der Waals surface area contributed by atoms with Crippen molar-refractivity contribution in [2.45, 2.75) is 28.5 Å². The van der Waals surface area contributed by atoms with Crippen LogP contribution < -0.4 is 4.90 Å². The van der Waals surface area contributed by atoms with Crippen LogP contribution >= 0.6 is 34.9 Å². The second-order valence-electron chi connectivity index (χ2n) is 5.84. The highest BCUT2D eigenvalue weighted by molar-refractivity contribution is 8.00. The molecule has 4 nitrogen and oxygen atoms in total. The van der Waals surface area contributed by atoms with Crippen LogP contribution in [0.25, 0.3) is 10.2 Å². The molecule has 1 aromatic carbocycles. The number of fused-ring (bicyclic) bond motifs is 2. The number of carbonyl (C=O) groups excluding carboxylic acids is 1. The standard InChI is InChI=1S/C18H17N3OS3/c1-12-6-8-21(14-4-2-3-5-15(14)25-12)16(22)10-24-18-13-7-9-23-17(13)19-11-20-18/h2-5,7,9,11-12H,6,8,10H2,1H3/t12-/m0/s1. The largest absolute Gasteiger partial charge is 0.311 e. The fourth-order valence-corrected chi connectivity index (χ4v) is 5.60. The lowest BCUT2D eigenvalue weighted by Crippen LogP contribution is -2.33. The maximum atomic E-state index is 12.9. The van der Waals surface area contributed by atoms with Gasteiger partial charge in [0, 0.05) is 22.1 Å². The van der Waals surface area contributed by atoms with Crippen molar-refractivity contribution in [2.24, 2.45) is 0 Å². The highest BCUT2D eigenvalue weighted by Gasteiger charge is 2.24. The van der Waals surface area contributed by atoms with Gasteiger partial charge < -0.3 is 4.90 Å². The zero-order chi connectivity index (χ0) is 17.2. The Bertz CT molecular complexity index is 911. The first kappa shape index (κ1) is 16.9. The van der Waals surface area contributed by atoms with Crippen molar-refractivity contribution in [3.05, 3.63) is 42.0 Å². The monoisotopic (exact) mass is 387 g/mol. The van der Waals surface area contributed by atoms with E-state index in [1.54, 1.807) is 17.7 Å². The molecule has 0 bridgehead atoms. The van der Waals surface area contributed by atoms with Gasteiger partial charge in [-0.05, 0) is 30.0 Å². The van der Waals surface area contributed by atoms with Crippen molar-refractivity contribution in [1.82, 2.24) is 9.97 Å². The SMILES string of the molecule is C[C@H]1CCN(C(=O)CSc2ncnc3sccc23)c2ccccc2S1. The Morgan fingerprint density at radius 1 is 1.32 bits per heavy atom. The van der Waals surface area contributed by atoms with E-state index in [4.69, 9.17) is 0 Å². The number of thiophene rings is 1. The first-order valence-corrected chi connectivity index (χ1v) is 10.8. The predicted molar refractivity (Wildman–Crippen MR) is 107 cm³/mol. The van der Waals surface area contributed by atoms with E-state index in [1.165, 1.54) is 16.7 Å². The van der Waals surface area contributed by atoms with Gasteiger partial charge in [0.05, 0.1) is 11.4 Å². The molecular weight excluding hydrogens is 370 g/mol. The summed E-state index contributed by atoms with van der Waals surface area (Å²) in [5.74, 6) is 0.518. The minimum absolute atomic E-state index is 0.133. The number of hydrogen-bond acceptors (Lipinski definition) is 6. The van der Waals surface area contributed by atoms with Crippen molar-refractivity contribution >= 4 is 56.7 Å². The van der Waals surface area contributed by atoms with Crippen LogP contribution in [0.2, 0.25) is 0 Å². The molecule has 0 spiro atoms. The van der Waals surface area contributed by atoms with Crippen LogP contribution in [-0.2, 0) is 4.79 Å². The van der Waals surface area contributed by atoms with E-state index in [1.807, 2.05) is 46.3 Å². The third kappa shape index (κ3) is 3.54. The third-order valence-electron chi connectivity index (χ3n) is 4.10. The van der Waals surface area contributed by atoms with Gasteiger partial charge >= 0.3 is 0 Å². The smallest absolute Gasteiger partial charge is 0.237 e. The van der Waals surface area contributed by atoms with E-state index in [0.717, 1.165) is 33.9 Å². The molecule has 3 heterocycles. The fraction of sp³-hybridized carbons (Fsp3) is 0.278. The molecular formula is C18H17N3OS3. The molecule has 0 saturated heterocycles. The fourth-order valence-electron chi connectivity index (χ4n) is 2.84. The quantitative estimate of drug-likeness (QED) is 0.481. The van der Waals surface area contributed by atoms with Crippen molar-refractivity contribution in [1.29, 1.82) is 0 Å². The summed E-state index contributed by atoms with van der Waals surface area (Å²) in [5.41, 5.74) is 1.03. The molecule has 0 fully saturated rings. The first-order chi connectivity index (χ1) is 12.2. The molecule has 1 atom stereocenters. The zero-order valence-corrected chi connectivity index (χ0v) is 16.2. The molecule has 128 valence electrons. The summed E-state index contributed by atoms with van der Waals surface area (Å²) in [6.07, 6.45) is 2.57. The summed E-state index contributed by atoms with van der Waals surface area (Å²) in [6.45, 7) is 2.99. The van der Waals surface area contributed by atoms with Gasteiger partial charge in [-0.1, -0.05) is 30.8 Å². The molecule has 4 rings (SSSR count). The third-order valence-corrected chi connectivity index (χ3v) is 7.15. The molecule has 7 heteroatoms. The number of benzene rings is 1. The van der Waals surface area contributed by atoms with Crippen LogP contribution in [-0.4, -0.2) is 33.4 Å². The molecule has 1 aliphatic rings. The van der Waals surface area contributed by atoms with Crippen molar-refractivity contribution < 1.29 is 4.79 Å². The van der Waals surface area contributed by atoms with Gasteiger partial charge in [-0.15, -0.1) is 23.1 Å². The number of nitrogens with zero attached hydrogens (tertiary/aromatic N) is 3. The average Bonchev–Trinajstić information content (AvgIpc) is 3.03. The van der Waals surface area contributed by atoms with Crippen LogP contribution in [0.3, 0.4) is 0 Å². The van der Waals surface area contributed by atoms with Crippen LogP contribution in [0.1, 0.15) is 13.3 Å². The van der Waals surface area contributed by atoms with Gasteiger partial charge in [0.2, 0.25) is 5.91 Å². The molecule has 3 aromatic rings. The minimum atomic E-state index is 0.133. The van der Waals surface area contributed by atoms with Crippen LogP contribution in [0.5, 0.6) is 0 Å². The number of para-hydroxylation sites is 1. The number of rotatable bonds is 3. The summed E-state index contributed by atoms with van der Waals surface area (Å²) in [5, 5.41) is 4.43. The molecule has 2 aromatic heterocycles. The van der Waals surface area contributed by atoms with Gasteiger partial charge in [-0.25, -0.2) is 9.97 Å².